The zero-order valence-electron chi connectivity index (χ0n) is 20.2. The summed E-state index contributed by atoms with van der Waals surface area (Å²) in [6.45, 7) is 4.11. The van der Waals surface area contributed by atoms with Gasteiger partial charge in [0.1, 0.15) is 34.5 Å². The van der Waals surface area contributed by atoms with Crippen molar-refractivity contribution in [1.82, 2.24) is 15.5 Å². The van der Waals surface area contributed by atoms with Gasteiger partial charge in [0.25, 0.3) is 5.91 Å². The van der Waals surface area contributed by atoms with E-state index in [-0.39, 0.29) is 46.3 Å². The molecule has 0 aliphatic rings. The van der Waals surface area contributed by atoms with E-state index in [2.05, 4.69) is 15.5 Å². The van der Waals surface area contributed by atoms with Crippen LogP contribution in [0, 0.1) is 0 Å². The highest BCUT2D eigenvalue weighted by molar-refractivity contribution is 5.88. The van der Waals surface area contributed by atoms with Crippen molar-refractivity contribution in [3.05, 3.63) is 64.6 Å². The molecule has 36 heavy (non-hydrogen) atoms. The minimum absolute atomic E-state index is 0.0294. The summed E-state index contributed by atoms with van der Waals surface area (Å²) in [6.07, 6.45) is 2.51. The maximum absolute atomic E-state index is 13.0. The van der Waals surface area contributed by atoms with Gasteiger partial charge in [0.05, 0.1) is 12.7 Å². The Morgan fingerprint density at radius 2 is 1.94 bits per heavy atom. The van der Waals surface area contributed by atoms with Crippen molar-refractivity contribution in [2.75, 3.05) is 20.3 Å². The molecule has 0 saturated heterocycles. The molecule has 0 saturated carbocycles. The Balaban J connectivity index is 1.34. The topological polar surface area (TPSA) is 137 Å². The zero-order valence-corrected chi connectivity index (χ0v) is 20.2. The number of phenolic OH excluding ortho intramolecular Hbond substituents is 1. The van der Waals surface area contributed by atoms with Gasteiger partial charge in [0.15, 0.2) is 12.4 Å². The number of nitrogens with one attached hydrogen (secondary N) is 1. The molecule has 0 spiro atoms. The van der Waals surface area contributed by atoms with E-state index < -0.39 is 0 Å². The largest absolute Gasteiger partial charge is 0.507 e. The SMILES string of the molecule is COc1ccc(-c2coc3cc(OCC(=O)NCCCc4nc(C(C)C)no4)cc(O)c3c2=O)cc1. The molecule has 188 valence electrons. The Labute approximate surface area is 206 Å². The van der Waals surface area contributed by atoms with Gasteiger partial charge in [-0.3, -0.25) is 9.59 Å². The van der Waals surface area contributed by atoms with Crippen molar-refractivity contribution in [2.24, 2.45) is 0 Å². The quantitative estimate of drug-likeness (QED) is 0.316. The summed E-state index contributed by atoms with van der Waals surface area (Å²) in [5, 5.41) is 17.2. The normalized spacial score (nSPS) is 11.1. The lowest BCUT2D eigenvalue weighted by Gasteiger charge is -2.10. The molecule has 0 atom stereocenters. The van der Waals surface area contributed by atoms with Gasteiger partial charge in [0.2, 0.25) is 11.3 Å². The zero-order chi connectivity index (χ0) is 25.7. The molecule has 0 aliphatic heterocycles. The van der Waals surface area contributed by atoms with E-state index in [1.807, 2.05) is 13.8 Å². The van der Waals surface area contributed by atoms with Crippen molar-refractivity contribution in [2.45, 2.75) is 32.6 Å². The van der Waals surface area contributed by atoms with E-state index in [9.17, 15) is 14.7 Å². The molecule has 10 nitrogen and oxygen atoms in total. The molecular formula is C26H27N3O7. The fourth-order valence-electron chi connectivity index (χ4n) is 3.53. The molecule has 4 aromatic rings. The third-order valence-corrected chi connectivity index (χ3v) is 5.49. The maximum atomic E-state index is 13.0. The first-order valence-corrected chi connectivity index (χ1v) is 11.5. The summed E-state index contributed by atoms with van der Waals surface area (Å²) in [5.41, 5.74) is 0.690. The Morgan fingerprint density at radius 1 is 1.17 bits per heavy atom. The molecule has 0 radical (unpaired) electrons. The monoisotopic (exact) mass is 493 g/mol. The van der Waals surface area contributed by atoms with Crippen LogP contribution in [0.2, 0.25) is 0 Å². The Hall–Kier alpha value is -4.34. The highest BCUT2D eigenvalue weighted by Crippen LogP contribution is 2.30. The Morgan fingerprint density at radius 3 is 2.64 bits per heavy atom. The third kappa shape index (κ3) is 5.65. The molecule has 0 bridgehead atoms. The predicted octanol–water partition coefficient (Wildman–Crippen LogP) is 3.81. The number of methoxy groups -OCH3 is 1. The van der Waals surface area contributed by atoms with Gasteiger partial charge < -0.3 is 28.8 Å². The summed E-state index contributed by atoms with van der Waals surface area (Å²) in [4.78, 5) is 29.4. The lowest BCUT2D eigenvalue weighted by atomic mass is 10.0. The van der Waals surface area contributed by atoms with Gasteiger partial charge in [-0.15, -0.1) is 0 Å². The van der Waals surface area contributed by atoms with Gasteiger partial charge >= 0.3 is 0 Å². The molecule has 0 aliphatic carbocycles. The molecule has 2 aromatic heterocycles. The van der Waals surface area contributed by atoms with Crippen molar-refractivity contribution in [3.8, 4) is 28.4 Å². The van der Waals surface area contributed by atoms with Crippen LogP contribution in [-0.2, 0) is 11.2 Å². The number of hydrogen-bond acceptors (Lipinski definition) is 9. The van der Waals surface area contributed by atoms with Gasteiger partial charge in [-0.2, -0.15) is 4.98 Å². The number of rotatable bonds is 10. The number of aromatic hydroxyl groups is 1. The molecule has 2 heterocycles. The van der Waals surface area contributed by atoms with Crippen molar-refractivity contribution in [3.63, 3.8) is 0 Å². The number of amides is 1. The summed E-state index contributed by atoms with van der Waals surface area (Å²) in [6, 6.07) is 9.67. The van der Waals surface area contributed by atoms with Gasteiger partial charge in [-0.05, 0) is 24.1 Å². The number of carbonyl (C=O) groups is 1. The second-order valence-corrected chi connectivity index (χ2v) is 8.47. The summed E-state index contributed by atoms with van der Waals surface area (Å²) >= 11 is 0. The van der Waals surface area contributed by atoms with E-state index >= 15 is 0 Å². The van der Waals surface area contributed by atoms with E-state index in [1.54, 1.807) is 31.4 Å². The van der Waals surface area contributed by atoms with Crippen LogP contribution in [0.25, 0.3) is 22.1 Å². The summed E-state index contributed by atoms with van der Waals surface area (Å²) in [7, 11) is 1.56. The van der Waals surface area contributed by atoms with E-state index in [0.717, 1.165) is 0 Å². The van der Waals surface area contributed by atoms with Crippen LogP contribution in [0.4, 0.5) is 0 Å². The number of hydrogen-bond donors (Lipinski definition) is 2. The van der Waals surface area contributed by atoms with Crippen molar-refractivity contribution >= 4 is 16.9 Å². The average Bonchev–Trinajstić information content (AvgIpc) is 3.35. The standard InChI is InChI=1S/C26H27N3O7/c1-15(2)26-28-23(36-29-26)5-4-10-27-22(31)14-34-18-11-20(30)24-21(12-18)35-13-19(25(24)32)16-6-8-17(33-3)9-7-16/h6-9,11-13,15,30H,4-5,10,14H2,1-3H3,(H,27,31). The maximum Gasteiger partial charge on any atom is 0.257 e. The van der Waals surface area contributed by atoms with E-state index in [0.29, 0.717) is 48.0 Å². The smallest absolute Gasteiger partial charge is 0.257 e. The first-order chi connectivity index (χ1) is 17.4. The van der Waals surface area contributed by atoms with Gasteiger partial charge in [-0.1, -0.05) is 31.1 Å². The van der Waals surface area contributed by atoms with Gasteiger partial charge in [0, 0.05) is 31.0 Å². The Bertz CT molecular complexity index is 1410. The molecule has 2 N–H and O–H groups in total. The van der Waals surface area contributed by atoms with Crippen LogP contribution in [-0.4, -0.2) is 41.4 Å². The fourth-order valence-corrected chi connectivity index (χ4v) is 3.53. The molecule has 2 aromatic carbocycles. The minimum atomic E-state index is -0.384. The van der Waals surface area contributed by atoms with Crippen LogP contribution in [0.5, 0.6) is 17.2 Å². The summed E-state index contributed by atoms with van der Waals surface area (Å²) < 4.78 is 21.4. The molecular weight excluding hydrogens is 466 g/mol. The highest BCUT2D eigenvalue weighted by Gasteiger charge is 2.15. The molecule has 0 unspecified atom stereocenters. The second kappa shape index (κ2) is 10.9. The first-order valence-electron chi connectivity index (χ1n) is 11.5. The lowest BCUT2D eigenvalue weighted by Crippen LogP contribution is -2.29. The fraction of sp³-hybridized carbons (Fsp3) is 0.308. The second-order valence-electron chi connectivity index (χ2n) is 8.47. The van der Waals surface area contributed by atoms with Crippen molar-refractivity contribution in [1.29, 1.82) is 0 Å². The molecule has 0 fully saturated rings. The number of fused-ring (bicyclic) bond motifs is 1. The minimum Gasteiger partial charge on any atom is -0.507 e. The number of aromatic nitrogens is 2. The molecule has 10 heteroatoms. The van der Waals surface area contributed by atoms with Crippen LogP contribution >= 0.6 is 0 Å². The van der Waals surface area contributed by atoms with E-state index in [1.165, 1.54) is 18.4 Å². The number of benzene rings is 2. The van der Waals surface area contributed by atoms with Crippen LogP contribution in [0.1, 0.15) is 37.9 Å². The highest BCUT2D eigenvalue weighted by atomic mass is 16.5. The summed E-state index contributed by atoms with van der Waals surface area (Å²) in [5.74, 6) is 1.61. The van der Waals surface area contributed by atoms with Crippen LogP contribution in [0.15, 0.2) is 56.4 Å². The lowest BCUT2D eigenvalue weighted by molar-refractivity contribution is -0.123. The third-order valence-electron chi connectivity index (χ3n) is 5.49. The van der Waals surface area contributed by atoms with E-state index in [4.69, 9.17) is 18.4 Å². The number of aryl methyl sites for hydroxylation is 1. The van der Waals surface area contributed by atoms with Crippen LogP contribution < -0.4 is 20.2 Å². The Kier molecular flexibility index (Phi) is 7.53. The number of nitrogens with zero attached hydrogens (tertiary/aromatic N) is 2. The van der Waals surface area contributed by atoms with Gasteiger partial charge in [-0.25, -0.2) is 0 Å². The predicted molar refractivity (Wildman–Crippen MR) is 131 cm³/mol. The number of phenols is 1. The number of carbonyl (C=O) groups excluding carboxylic acids is 1. The number of ether oxygens (including phenoxy) is 2. The first kappa shape index (κ1) is 24.8. The van der Waals surface area contributed by atoms with Crippen molar-refractivity contribution < 1.29 is 28.3 Å². The molecule has 4 rings (SSSR count). The molecule has 1 amide bonds. The average molecular weight is 494 g/mol. The van der Waals surface area contributed by atoms with Crippen LogP contribution in [0.3, 0.4) is 0 Å².